The molecule has 0 atom stereocenters. The Morgan fingerprint density at radius 2 is 1.35 bits per heavy atom. The van der Waals surface area contributed by atoms with E-state index >= 15 is 0 Å². The normalized spacial score (nSPS) is 12.2. The zero-order valence-corrected chi connectivity index (χ0v) is 15.7. The molecule has 0 unspecified atom stereocenters. The standard InChI is InChI=1S/C15H24O.K/c1-10-8-9-11(14(2,3)4)13(16)12(10)15(5,6)7;/h8-9,16H,1-7H3;. The first-order valence-electron chi connectivity index (χ1n) is 5.88. The maximum absolute atomic E-state index is 10.4. The molecule has 0 fully saturated rings. The Morgan fingerprint density at radius 3 is 1.71 bits per heavy atom. The summed E-state index contributed by atoms with van der Waals surface area (Å²) >= 11 is 0. The monoisotopic (exact) mass is 259 g/mol. The molecule has 1 rings (SSSR count). The second kappa shape index (κ2) is 5.75. The molecule has 0 aliphatic heterocycles. The van der Waals surface area contributed by atoms with E-state index in [1.807, 2.05) is 6.07 Å². The molecule has 0 saturated heterocycles. The molecule has 0 aromatic heterocycles. The quantitative estimate of drug-likeness (QED) is 0.700. The van der Waals surface area contributed by atoms with E-state index in [1.54, 1.807) is 0 Å². The molecular formula is C15H24KO. The van der Waals surface area contributed by atoms with Gasteiger partial charge in [-0.3, -0.25) is 0 Å². The summed E-state index contributed by atoms with van der Waals surface area (Å²) in [5, 5.41) is 10.4. The van der Waals surface area contributed by atoms with Crippen molar-refractivity contribution in [2.75, 3.05) is 0 Å². The minimum Gasteiger partial charge on any atom is -0.507 e. The Labute approximate surface area is 148 Å². The average molecular weight is 259 g/mol. The fourth-order valence-corrected chi connectivity index (χ4v) is 2.24. The van der Waals surface area contributed by atoms with Gasteiger partial charge in [0.25, 0.3) is 0 Å². The van der Waals surface area contributed by atoms with Crippen LogP contribution in [0.4, 0.5) is 0 Å². The van der Waals surface area contributed by atoms with Crippen LogP contribution in [0.15, 0.2) is 12.1 Å². The minimum atomic E-state index is -0.0184. The van der Waals surface area contributed by atoms with Crippen LogP contribution in [0.25, 0.3) is 0 Å². The minimum absolute atomic E-state index is 0. The van der Waals surface area contributed by atoms with E-state index in [0.29, 0.717) is 5.75 Å². The number of phenolic OH excluding ortho intramolecular Hbond substituents is 1. The van der Waals surface area contributed by atoms with Crippen LogP contribution in [-0.2, 0) is 10.8 Å². The van der Waals surface area contributed by atoms with E-state index in [1.165, 1.54) is 0 Å². The van der Waals surface area contributed by atoms with Crippen LogP contribution in [0.1, 0.15) is 58.2 Å². The fraction of sp³-hybridized carbons (Fsp3) is 0.600. The molecule has 0 amide bonds. The maximum Gasteiger partial charge on any atom is 0.123 e. The average Bonchev–Trinajstić information content (AvgIpc) is 1.97. The molecule has 1 aromatic carbocycles. The van der Waals surface area contributed by atoms with Gasteiger partial charge in [-0.1, -0.05) is 53.7 Å². The summed E-state index contributed by atoms with van der Waals surface area (Å²) in [6.07, 6.45) is 0. The fourth-order valence-electron chi connectivity index (χ4n) is 2.24. The Bertz CT molecular complexity index is 395. The van der Waals surface area contributed by atoms with Crippen LogP contribution in [0.5, 0.6) is 5.75 Å². The molecule has 1 aromatic rings. The van der Waals surface area contributed by atoms with Crippen LogP contribution in [0, 0.1) is 6.92 Å². The van der Waals surface area contributed by atoms with Crippen LogP contribution >= 0.6 is 0 Å². The van der Waals surface area contributed by atoms with Gasteiger partial charge in [-0.05, 0) is 28.9 Å². The second-order valence-corrected chi connectivity index (χ2v) is 6.65. The van der Waals surface area contributed by atoms with Crippen molar-refractivity contribution in [2.45, 2.75) is 59.3 Å². The van der Waals surface area contributed by atoms with Crippen molar-refractivity contribution < 1.29 is 5.11 Å². The first-order valence-corrected chi connectivity index (χ1v) is 5.88. The summed E-state index contributed by atoms with van der Waals surface area (Å²) in [6.45, 7) is 14.9. The molecule has 0 bridgehead atoms. The van der Waals surface area contributed by atoms with Gasteiger partial charge in [0.1, 0.15) is 5.75 Å². The number of phenols is 1. The van der Waals surface area contributed by atoms with E-state index in [9.17, 15) is 5.11 Å². The molecule has 0 saturated carbocycles. The third kappa shape index (κ3) is 4.07. The first kappa shape index (κ1) is 17.7. The van der Waals surface area contributed by atoms with Crippen molar-refractivity contribution in [1.82, 2.24) is 0 Å². The smallest absolute Gasteiger partial charge is 0.123 e. The number of benzene rings is 1. The van der Waals surface area contributed by atoms with Gasteiger partial charge in [-0.25, -0.2) is 0 Å². The third-order valence-electron chi connectivity index (χ3n) is 2.94. The molecule has 1 N–H and O–H groups in total. The molecule has 0 heterocycles. The van der Waals surface area contributed by atoms with Crippen molar-refractivity contribution in [3.63, 3.8) is 0 Å². The van der Waals surface area contributed by atoms with Crippen molar-refractivity contribution >= 4 is 51.4 Å². The molecule has 2 heteroatoms. The van der Waals surface area contributed by atoms with Gasteiger partial charge < -0.3 is 5.11 Å². The zero-order chi connectivity index (χ0) is 12.7. The number of rotatable bonds is 0. The topological polar surface area (TPSA) is 20.2 Å². The predicted molar refractivity (Wildman–Crippen MR) is 76.0 cm³/mol. The SMILES string of the molecule is Cc1ccc(C(C)(C)C)c(O)c1C(C)(C)C.[K]. The molecule has 1 radical (unpaired) electrons. The summed E-state index contributed by atoms with van der Waals surface area (Å²) in [6, 6.07) is 4.15. The summed E-state index contributed by atoms with van der Waals surface area (Å²) in [4.78, 5) is 0. The van der Waals surface area contributed by atoms with Gasteiger partial charge >= 0.3 is 0 Å². The zero-order valence-electron chi connectivity index (χ0n) is 12.6. The van der Waals surface area contributed by atoms with Crippen LogP contribution in [0.2, 0.25) is 0 Å². The summed E-state index contributed by atoms with van der Waals surface area (Å²) in [5.41, 5.74) is 3.23. The predicted octanol–water partition coefficient (Wildman–Crippen LogP) is 3.91. The summed E-state index contributed by atoms with van der Waals surface area (Å²) in [7, 11) is 0. The van der Waals surface area contributed by atoms with Gasteiger partial charge in [-0.2, -0.15) is 0 Å². The van der Waals surface area contributed by atoms with Gasteiger partial charge in [-0.15, -0.1) is 0 Å². The number of aromatic hydroxyl groups is 1. The van der Waals surface area contributed by atoms with Crippen LogP contribution in [-0.4, -0.2) is 56.5 Å². The Hall–Kier alpha value is 0.656. The molecule has 0 spiro atoms. The van der Waals surface area contributed by atoms with E-state index < -0.39 is 0 Å². The van der Waals surface area contributed by atoms with Crippen molar-refractivity contribution in [3.8, 4) is 5.75 Å². The van der Waals surface area contributed by atoms with Crippen LogP contribution < -0.4 is 0 Å². The van der Waals surface area contributed by atoms with E-state index in [2.05, 4.69) is 54.5 Å². The number of hydrogen-bond acceptors (Lipinski definition) is 1. The van der Waals surface area contributed by atoms with Crippen molar-refractivity contribution in [1.29, 1.82) is 0 Å². The third-order valence-corrected chi connectivity index (χ3v) is 2.94. The van der Waals surface area contributed by atoms with E-state index in [4.69, 9.17) is 0 Å². The van der Waals surface area contributed by atoms with Gasteiger partial charge in [0.2, 0.25) is 0 Å². The van der Waals surface area contributed by atoms with E-state index in [0.717, 1.165) is 16.7 Å². The molecule has 91 valence electrons. The molecule has 1 nitrogen and oxygen atoms in total. The van der Waals surface area contributed by atoms with Crippen LogP contribution in [0.3, 0.4) is 0 Å². The molecule has 17 heavy (non-hydrogen) atoms. The van der Waals surface area contributed by atoms with Crippen molar-refractivity contribution in [2.24, 2.45) is 0 Å². The molecule has 0 aliphatic rings. The Balaban J connectivity index is 0.00000256. The van der Waals surface area contributed by atoms with E-state index in [-0.39, 0.29) is 62.2 Å². The largest absolute Gasteiger partial charge is 0.507 e. The number of aryl methyl sites for hydroxylation is 1. The first-order chi connectivity index (χ1) is 7.05. The second-order valence-electron chi connectivity index (χ2n) is 6.65. The molecular weight excluding hydrogens is 235 g/mol. The van der Waals surface area contributed by atoms with Gasteiger partial charge in [0.15, 0.2) is 0 Å². The Morgan fingerprint density at radius 1 is 0.882 bits per heavy atom. The summed E-state index contributed by atoms with van der Waals surface area (Å²) < 4.78 is 0. The van der Waals surface area contributed by atoms with Gasteiger partial charge in [0.05, 0.1) is 0 Å². The maximum atomic E-state index is 10.4. The van der Waals surface area contributed by atoms with Crippen molar-refractivity contribution in [3.05, 3.63) is 28.8 Å². The summed E-state index contributed by atoms with van der Waals surface area (Å²) in [5.74, 6) is 0.472. The number of hydrogen-bond donors (Lipinski definition) is 1. The Kier molecular flexibility index (Phi) is 5.97. The van der Waals surface area contributed by atoms with Gasteiger partial charge in [0, 0.05) is 56.9 Å². The molecule has 0 aliphatic carbocycles.